The number of nitrogens with zero attached hydrogens (tertiary/aromatic N) is 1. The Morgan fingerprint density at radius 1 is 0.793 bits per heavy atom. The lowest BCUT2D eigenvalue weighted by Gasteiger charge is -2.52. The highest BCUT2D eigenvalue weighted by Gasteiger charge is 2.66. The molecule has 3 aromatic carbocycles. The van der Waals surface area contributed by atoms with Crippen LogP contribution in [0.1, 0.15) is 40.7 Å². The van der Waals surface area contributed by atoms with E-state index in [9.17, 15) is 9.59 Å². The number of anilines is 1. The van der Waals surface area contributed by atoms with E-state index < -0.39 is 5.41 Å². The molecular weight excluding hydrogens is 358 g/mol. The zero-order valence-corrected chi connectivity index (χ0v) is 16.4. The van der Waals surface area contributed by atoms with Gasteiger partial charge in [-0.25, -0.2) is 4.90 Å². The third kappa shape index (κ3) is 1.88. The van der Waals surface area contributed by atoms with E-state index in [0.717, 1.165) is 5.56 Å². The van der Waals surface area contributed by atoms with E-state index in [-0.39, 0.29) is 29.6 Å². The molecule has 0 radical (unpaired) electrons. The van der Waals surface area contributed by atoms with E-state index in [0.29, 0.717) is 5.69 Å². The van der Waals surface area contributed by atoms with Gasteiger partial charge in [0.2, 0.25) is 11.8 Å². The minimum Gasteiger partial charge on any atom is -0.274 e. The number of carbonyl (C=O) groups is 2. The maximum atomic E-state index is 13.8. The molecule has 1 unspecified atom stereocenters. The molecule has 29 heavy (non-hydrogen) atoms. The van der Waals surface area contributed by atoms with Crippen LogP contribution in [0.15, 0.2) is 72.8 Å². The van der Waals surface area contributed by atoms with E-state index in [2.05, 4.69) is 31.2 Å². The summed E-state index contributed by atoms with van der Waals surface area (Å²) in [6.45, 7) is 4.14. The number of imide groups is 1. The van der Waals surface area contributed by atoms with Crippen LogP contribution in [0, 0.1) is 18.8 Å². The molecule has 3 aromatic rings. The molecule has 3 nitrogen and oxygen atoms in total. The highest BCUT2D eigenvalue weighted by Crippen LogP contribution is 2.64. The summed E-state index contributed by atoms with van der Waals surface area (Å²) in [6, 6.07) is 24.4. The maximum absolute atomic E-state index is 13.8. The average molecular weight is 379 g/mol. The Bertz CT molecular complexity index is 1160. The summed E-state index contributed by atoms with van der Waals surface area (Å²) in [4.78, 5) is 29.0. The van der Waals surface area contributed by atoms with Crippen molar-refractivity contribution in [3.8, 4) is 0 Å². The summed E-state index contributed by atoms with van der Waals surface area (Å²) in [5.74, 6) is -0.920. The fourth-order valence-corrected chi connectivity index (χ4v) is 6.17. The van der Waals surface area contributed by atoms with Gasteiger partial charge in [0.15, 0.2) is 0 Å². The molecule has 2 bridgehead atoms. The lowest BCUT2D eigenvalue weighted by Crippen LogP contribution is -2.51. The molecule has 142 valence electrons. The van der Waals surface area contributed by atoms with Crippen LogP contribution in [0.2, 0.25) is 0 Å². The predicted octanol–water partition coefficient (Wildman–Crippen LogP) is 4.57. The number of aryl methyl sites for hydroxylation is 1. The second-order valence-electron chi connectivity index (χ2n) is 8.71. The molecule has 0 aromatic heterocycles. The van der Waals surface area contributed by atoms with Gasteiger partial charge in [0.1, 0.15) is 0 Å². The second-order valence-corrected chi connectivity index (χ2v) is 8.71. The smallest absolute Gasteiger partial charge is 0.238 e. The summed E-state index contributed by atoms with van der Waals surface area (Å²) in [6.07, 6.45) is 0. The number of carbonyl (C=O) groups excluding carboxylic acids is 2. The highest BCUT2D eigenvalue weighted by atomic mass is 16.2. The summed E-state index contributed by atoms with van der Waals surface area (Å²) in [7, 11) is 0. The summed E-state index contributed by atoms with van der Waals surface area (Å²) < 4.78 is 0. The van der Waals surface area contributed by atoms with Crippen LogP contribution in [-0.2, 0) is 15.0 Å². The molecule has 7 rings (SSSR count). The van der Waals surface area contributed by atoms with Crippen molar-refractivity contribution in [3.63, 3.8) is 0 Å². The van der Waals surface area contributed by atoms with E-state index in [1.807, 2.05) is 55.5 Å². The molecule has 1 heterocycles. The normalized spacial score (nSPS) is 28.9. The van der Waals surface area contributed by atoms with E-state index >= 15 is 0 Å². The Balaban J connectivity index is 1.63. The molecule has 3 heteroatoms. The van der Waals surface area contributed by atoms with Crippen LogP contribution in [-0.4, -0.2) is 11.8 Å². The number of hydrogen-bond acceptors (Lipinski definition) is 2. The molecule has 1 saturated heterocycles. The Hall–Kier alpha value is -3.20. The Morgan fingerprint density at radius 2 is 1.41 bits per heavy atom. The van der Waals surface area contributed by atoms with Gasteiger partial charge in [0, 0.05) is 11.3 Å². The van der Waals surface area contributed by atoms with Crippen LogP contribution in [0.4, 0.5) is 5.69 Å². The van der Waals surface area contributed by atoms with Gasteiger partial charge in [-0.2, -0.15) is 0 Å². The molecular formula is C26H21NO2. The van der Waals surface area contributed by atoms with Crippen LogP contribution >= 0.6 is 0 Å². The molecule has 1 aliphatic heterocycles. The SMILES string of the molecule is Cc1cccc(N2C(=O)C3C4c5ccccc5C(C)(c5ccccc54)[C@@H]3C2=O)c1. The monoisotopic (exact) mass is 379 g/mol. The Kier molecular flexibility index (Phi) is 3.14. The van der Waals surface area contributed by atoms with Crippen molar-refractivity contribution in [3.05, 3.63) is 101 Å². The Labute approximate surface area is 170 Å². The van der Waals surface area contributed by atoms with Gasteiger partial charge in [0.05, 0.1) is 17.5 Å². The van der Waals surface area contributed by atoms with Gasteiger partial charge >= 0.3 is 0 Å². The predicted molar refractivity (Wildman–Crippen MR) is 112 cm³/mol. The summed E-state index contributed by atoms with van der Waals surface area (Å²) >= 11 is 0. The first kappa shape index (κ1) is 16.7. The van der Waals surface area contributed by atoms with Crippen molar-refractivity contribution in [2.75, 3.05) is 4.90 Å². The zero-order valence-electron chi connectivity index (χ0n) is 16.4. The topological polar surface area (TPSA) is 37.4 Å². The fourth-order valence-electron chi connectivity index (χ4n) is 6.17. The number of benzene rings is 3. The quantitative estimate of drug-likeness (QED) is 0.581. The minimum absolute atomic E-state index is 0.0640. The van der Waals surface area contributed by atoms with Crippen LogP contribution < -0.4 is 4.90 Å². The van der Waals surface area contributed by atoms with Crippen LogP contribution in [0.25, 0.3) is 0 Å². The number of hydrogen-bond donors (Lipinski definition) is 0. The van der Waals surface area contributed by atoms with Gasteiger partial charge in [-0.05, 0) is 46.9 Å². The minimum atomic E-state index is -0.502. The highest BCUT2D eigenvalue weighted by molar-refractivity contribution is 6.23. The first-order chi connectivity index (χ1) is 14.0. The van der Waals surface area contributed by atoms with Gasteiger partial charge in [-0.1, -0.05) is 67.6 Å². The van der Waals surface area contributed by atoms with Crippen molar-refractivity contribution < 1.29 is 9.59 Å². The van der Waals surface area contributed by atoms with Gasteiger partial charge in [-0.15, -0.1) is 0 Å². The zero-order chi connectivity index (χ0) is 19.9. The largest absolute Gasteiger partial charge is 0.274 e. The van der Waals surface area contributed by atoms with E-state index in [4.69, 9.17) is 0 Å². The van der Waals surface area contributed by atoms with Gasteiger partial charge < -0.3 is 0 Å². The maximum Gasteiger partial charge on any atom is 0.238 e. The van der Waals surface area contributed by atoms with Crippen LogP contribution in [0.3, 0.4) is 0 Å². The summed E-state index contributed by atoms with van der Waals surface area (Å²) in [5.41, 5.74) is 6.00. The molecule has 1 fully saturated rings. The molecule has 4 aliphatic rings. The van der Waals surface area contributed by atoms with Crippen LogP contribution in [0.5, 0.6) is 0 Å². The van der Waals surface area contributed by atoms with E-state index in [1.165, 1.54) is 27.2 Å². The molecule has 0 saturated carbocycles. The number of rotatable bonds is 1. The average Bonchev–Trinajstić information content (AvgIpc) is 3.00. The molecule has 2 amide bonds. The first-order valence-corrected chi connectivity index (χ1v) is 10.2. The first-order valence-electron chi connectivity index (χ1n) is 10.2. The summed E-state index contributed by atoms with van der Waals surface area (Å²) in [5, 5.41) is 0. The van der Waals surface area contributed by atoms with Crippen molar-refractivity contribution in [1.82, 2.24) is 0 Å². The van der Waals surface area contributed by atoms with Crippen molar-refractivity contribution in [1.29, 1.82) is 0 Å². The third-order valence-corrected chi connectivity index (χ3v) is 7.30. The molecule has 0 spiro atoms. The number of amides is 2. The molecule has 2 atom stereocenters. The molecule has 3 aliphatic carbocycles. The lowest BCUT2D eigenvalue weighted by atomic mass is 9.48. The second kappa shape index (κ2) is 5.44. The standard InChI is InChI=1S/C26H21NO2/c1-15-8-7-9-16(14-15)27-24(28)22-21-17-10-3-5-12-19(17)26(2,23(22)25(27)29)20-13-6-4-11-18(20)21/h3-14,21-23H,1-2H3/t21?,22?,23-,26?/m0/s1. The lowest BCUT2D eigenvalue weighted by molar-refractivity contribution is -0.123. The fraction of sp³-hybridized carbons (Fsp3) is 0.231. The van der Waals surface area contributed by atoms with Crippen molar-refractivity contribution in [2.45, 2.75) is 25.2 Å². The Morgan fingerprint density at radius 3 is 2.03 bits per heavy atom. The van der Waals surface area contributed by atoms with Gasteiger partial charge in [0.25, 0.3) is 0 Å². The molecule has 0 N–H and O–H groups in total. The van der Waals surface area contributed by atoms with Crippen molar-refractivity contribution >= 4 is 17.5 Å². The van der Waals surface area contributed by atoms with Gasteiger partial charge in [-0.3, -0.25) is 9.59 Å². The third-order valence-electron chi connectivity index (χ3n) is 7.30. The van der Waals surface area contributed by atoms with E-state index in [1.54, 1.807) is 0 Å². The van der Waals surface area contributed by atoms with Crippen molar-refractivity contribution in [2.24, 2.45) is 11.8 Å².